The number of aromatic nitrogens is 1. The Morgan fingerprint density at radius 3 is 2.57 bits per heavy atom. The van der Waals surface area contributed by atoms with Crippen LogP contribution in [-0.4, -0.2) is 19.7 Å². The fraction of sp³-hybridized carbons (Fsp3) is 0.444. The summed E-state index contributed by atoms with van der Waals surface area (Å²) in [7, 11) is -3.39. The molecule has 5 heteroatoms. The van der Waals surface area contributed by atoms with Gasteiger partial charge in [-0.25, -0.2) is 0 Å². The number of pyridine rings is 1. The first-order valence-corrected chi connectivity index (χ1v) is 5.96. The number of hydrogen-bond donors (Lipinski definition) is 0. The van der Waals surface area contributed by atoms with Gasteiger partial charge >= 0.3 is 0 Å². The van der Waals surface area contributed by atoms with E-state index in [1.54, 1.807) is 6.20 Å². The molecule has 0 radical (unpaired) electrons. The van der Waals surface area contributed by atoms with E-state index >= 15 is 0 Å². The lowest BCUT2D eigenvalue weighted by atomic mass is 10.2. The van der Waals surface area contributed by atoms with E-state index in [4.69, 9.17) is 0 Å². The van der Waals surface area contributed by atoms with Gasteiger partial charge in [-0.1, -0.05) is 6.07 Å². The molecule has 14 heavy (non-hydrogen) atoms. The fourth-order valence-electron chi connectivity index (χ4n) is 1.06. The fourth-order valence-corrected chi connectivity index (χ4v) is 1.38. The molecular formula is C9H13NO3S. The van der Waals surface area contributed by atoms with Gasteiger partial charge in [0.05, 0.1) is 11.9 Å². The van der Waals surface area contributed by atoms with Crippen LogP contribution in [0.4, 0.5) is 0 Å². The van der Waals surface area contributed by atoms with Crippen molar-refractivity contribution in [2.45, 2.75) is 20.5 Å². The quantitative estimate of drug-likeness (QED) is 0.710. The molecule has 0 bridgehead atoms. The highest BCUT2D eigenvalue weighted by Crippen LogP contribution is 2.08. The highest BCUT2D eigenvalue weighted by Gasteiger charge is 2.05. The molecule has 0 fully saturated rings. The summed E-state index contributed by atoms with van der Waals surface area (Å²) in [6.07, 6.45) is 2.71. The van der Waals surface area contributed by atoms with E-state index < -0.39 is 10.1 Å². The zero-order chi connectivity index (χ0) is 10.8. The molecule has 0 aliphatic carbocycles. The lowest BCUT2D eigenvalue weighted by Crippen LogP contribution is -2.05. The Labute approximate surface area is 84.1 Å². The summed E-state index contributed by atoms with van der Waals surface area (Å²) in [5.41, 5.74) is 2.64. The zero-order valence-corrected chi connectivity index (χ0v) is 9.26. The minimum absolute atomic E-state index is 0.00491. The minimum atomic E-state index is -3.39. The van der Waals surface area contributed by atoms with Crippen LogP contribution >= 0.6 is 0 Å². The largest absolute Gasteiger partial charge is 0.264 e. The standard InChI is InChI=1S/C9H13NO3S/c1-7-4-8(2)9(10-5-7)6-13-14(3,11)12/h4-5H,6H2,1-3H3. The Morgan fingerprint density at radius 2 is 2.07 bits per heavy atom. The van der Waals surface area contributed by atoms with Gasteiger partial charge < -0.3 is 0 Å². The molecule has 1 rings (SSSR count). The molecular weight excluding hydrogens is 202 g/mol. The van der Waals surface area contributed by atoms with Crippen LogP contribution in [0.1, 0.15) is 16.8 Å². The van der Waals surface area contributed by atoms with Crippen LogP contribution in [0.2, 0.25) is 0 Å². The molecule has 1 aromatic rings. The van der Waals surface area contributed by atoms with E-state index in [9.17, 15) is 8.42 Å². The smallest absolute Gasteiger partial charge is 0.264 e. The topological polar surface area (TPSA) is 56.3 Å². The van der Waals surface area contributed by atoms with Gasteiger partial charge in [-0.05, 0) is 25.0 Å². The van der Waals surface area contributed by atoms with E-state index in [2.05, 4.69) is 9.17 Å². The number of rotatable bonds is 3. The van der Waals surface area contributed by atoms with Crippen LogP contribution < -0.4 is 0 Å². The first kappa shape index (κ1) is 11.1. The second-order valence-corrected chi connectivity index (χ2v) is 4.89. The molecule has 0 aliphatic heterocycles. The van der Waals surface area contributed by atoms with Gasteiger partial charge in [-0.3, -0.25) is 9.17 Å². The average Bonchev–Trinajstić information content (AvgIpc) is 2.00. The third-order valence-corrected chi connectivity index (χ3v) is 2.28. The molecule has 0 saturated carbocycles. The van der Waals surface area contributed by atoms with Crippen LogP contribution in [0, 0.1) is 13.8 Å². The van der Waals surface area contributed by atoms with Crippen molar-refractivity contribution in [1.82, 2.24) is 4.98 Å². The van der Waals surface area contributed by atoms with Crippen molar-refractivity contribution in [3.8, 4) is 0 Å². The predicted octanol–water partition coefficient (Wildman–Crippen LogP) is 1.17. The molecule has 0 aliphatic rings. The van der Waals surface area contributed by atoms with E-state index in [0.717, 1.165) is 17.4 Å². The second-order valence-electron chi connectivity index (χ2n) is 3.24. The first-order chi connectivity index (χ1) is 6.38. The summed E-state index contributed by atoms with van der Waals surface area (Å²) < 4.78 is 26.1. The maximum absolute atomic E-state index is 10.7. The van der Waals surface area contributed by atoms with Gasteiger partial charge in [-0.2, -0.15) is 8.42 Å². The predicted molar refractivity (Wildman–Crippen MR) is 53.3 cm³/mol. The third-order valence-electron chi connectivity index (χ3n) is 1.73. The lowest BCUT2D eigenvalue weighted by Gasteiger charge is -2.04. The monoisotopic (exact) mass is 215 g/mol. The molecule has 78 valence electrons. The van der Waals surface area contributed by atoms with E-state index in [1.807, 2.05) is 19.9 Å². The molecule has 0 atom stereocenters. The van der Waals surface area contributed by atoms with Gasteiger partial charge in [0.25, 0.3) is 10.1 Å². The summed E-state index contributed by atoms with van der Waals surface area (Å²) in [4.78, 5) is 4.09. The molecule has 0 aromatic carbocycles. The SMILES string of the molecule is Cc1cnc(COS(C)(=O)=O)c(C)c1. The Kier molecular flexibility index (Phi) is 3.23. The van der Waals surface area contributed by atoms with Crippen molar-refractivity contribution in [3.63, 3.8) is 0 Å². The summed E-state index contributed by atoms with van der Waals surface area (Å²) in [5.74, 6) is 0. The Balaban J connectivity index is 2.78. The molecule has 0 unspecified atom stereocenters. The van der Waals surface area contributed by atoms with Crippen molar-refractivity contribution in [3.05, 3.63) is 29.1 Å². The van der Waals surface area contributed by atoms with Crippen molar-refractivity contribution in [2.75, 3.05) is 6.26 Å². The molecule has 1 heterocycles. The van der Waals surface area contributed by atoms with Gasteiger partial charge in [0.2, 0.25) is 0 Å². The van der Waals surface area contributed by atoms with Crippen LogP contribution in [0.5, 0.6) is 0 Å². The average molecular weight is 215 g/mol. The molecule has 0 spiro atoms. The van der Waals surface area contributed by atoms with Crippen LogP contribution in [0.25, 0.3) is 0 Å². The minimum Gasteiger partial charge on any atom is -0.264 e. The summed E-state index contributed by atoms with van der Waals surface area (Å²) >= 11 is 0. The van der Waals surface area contributed by atoms with E-state index in [-0.39, 0.29) is 6.61 Å². The molecule has 0 N–H and O–H groups in total. The molecule has 0 amide bonds. The van der Waals surface area contributed by atoms with Crippen molar-refractivity contribution < 1.29 is 12.6 Å². The Morgan fingerprint density at radius 1 is 1.43 bits per heavy atom. The van der Waals surface area contributed by atoms with Crippen molar-refractivity contribution in [1.29, 1.82) is 0 Å². The van der Waals surface area contributed by atoms with Gasteiger partial charge in [0.1, 0.15) is 6.61 Å². The lowest BCUT2D eigenvalue weighted by molar-refractivity contribution is 0.306. The number of nitrogens with zero attached hydrogens (tertiary/aromatic N) is 1. The highest BCUT2D eigenvalue weighted by atomic mass is 32.2. The van der Waals surface area contributed by atoms with Crippen molar-refractivity contribution >= 4 is 10.1 Å². The summed E-state index contributed by atoms with van der Waals surface area (Å²) in [6, 6.07) is 1.94. The Hall–Kier alpha value is -0.940. The molecule has 0 saturated heterocycles. The van der Waals surface area contributed by atoms with Gasteiger partial charge in [0, 0.05) is 6.20 Å². The van der Waals surface area contributed by atoms with Crippen LogP contribution in [0.15, 0.2) is 12.3 Å². The van der Waals surface area contributed by atoms with Gasteiger partial charge in [0.15, 0.2) is 0 Å². The highest BCUT2D eigenvalue weighted by molar-refractivity contribution is 7.85. The van der Waals surface area contributed by atoms with Crippen molar-refractivity contribution in [2.24, 2.45) is 0 Å². The normalized spacial score (nSPS) is 11.6. The maximum atomic E-state index is 10.7. The van der Waals surface area contributed by atoms with Crippen LogP contribution in [-0.2, 0) is 20.9 Å². The zero-order valence-electron chi connectivity index (χ0n) is 8.44. The number of aryl methyl sites for hydroxylation is 2. The van der Waals surface area contributed by atoms with Gasteiger partial charge in [-0.15, -0.1) is 0 Å². The van der Waals surface area contributed by atoms with E-state index in [0.29, 0.717) is 5.69 Å². The third kappa shape index (κ3) is 3.43. The summed E-state index contributed by atoms with van der Waals surface area (Å²) in [6.45, 7) is 3.81. The summed E-state index contributed by atoms with van der Waals surface area (Å²) in [5, 5.41) is 0. The van der Waals surface area contributed by atoms with E-state index in [1.165, 1.54) is 0 Å². The Bertz CT molecular complexity index is 426. The number of hydrogen-bond acceptors (Lipinski definition) is 4. The first-order valence-electron chi connectivity index (χ1n) is 4.15. The molecule has 1 aromatic heterocycles. The van der Waals surface area contributed by atoms with Crippen LogP contribution in [0.3, 0.4) is 0 Å². The molecule has 4 nitrogen and oxygen atoms in total. The maximum Gasteiger partial charge on any atom is 0.264 e. The second kappa shape index (κ2) is 4.06.